The Kier molecular flexibility index (Phi) is 3.85. The van der Waals surface area contributed by atoms with Crippen molar-refractivity contribution in [3.63, 3.8) is 0 Å². The molecule has 2 fully saturated rings. The second kappa shape index (κ2) is 5.64. The van der Waals surface area contributed by atoms with Crippen LogP contribution in [0.25, 0.3) is 0 Å². The number of hydrogen-bond donors (Lipinski definition) is 1. The third-order valence-corrected chi connectivity index (χ3v) is 5.12. The predicted molar refractivity (Wildman–Crippen MR) is 83.7 cm³/mol. The Hall–Kier alpha value is -1.62. The van der Waals surface area contributed by atoms with Crippen LogP contribution in [-0.2, 0) is 0 Å². The summed E-state index contributed by atoms with van der Waals surface area (Å²) < 4.78 is 0. The lowest BCUT2D eigenvalue weighted by Crippen LogP contribution is -2.52. The summed E-state index contributed by atoms with van der Waals surface area (Å²) in [5.41, 5.74) is 1.62. The van der Waals surface area contributed by atoms with Gasteiger partial charge in [0.25, 0.3) is 5.69 Å². The first kappa shape index (κ1) is 14.3. The molecule has 2 unspecified atom stereocenters. The minimum Gasteiger partial charge on any atom is -0.377 e. The van der Waals surface area contributed by atoms with Crippen molar-refractivity contribution in [2.75, 3.05) is 12.4 Å². The van der Waals surface area contributed by atoms with Gasteiger partial charge in [-0.05, 0) is 45.7 Å². The van der Waals surface area contributed by atoms with Gasteiger partial charge >= 0.3 is 0 Å². The Bertz CT molecular complexity index is 532. The van der Waals surface area contributed by atoms with E-state index in [0.29, 0.717) is 23.8 Å². The number of nitrogens with one attached hydrogen (secondary N) is 1. The maximum Gasteiger partial charge on any atom is 0.295 e. The van der Waals surface area contributed by atoms with E-state index in [1.165, 1.54) is 19.3 Å². The van der Waals surface area contributed by atoms with Gasteiger partial charge in [-0.1, -0.05) is 18.6 Å². The molecule has 5 heteroatoms. The van der Waals surface area contributed by atoms with Crippen molar-refractivity contribution in [2.45, 2.75) is 57.2 Å². The van der Waals surface area contributed by atoms with Crippen LogP contribution in [0.4, 0.5) is 11.4 Å². The van der Waals surface area contributed by atoms with Gasteiger partial charge in [-0.2, -0.15) is 0 Å². The number of anilines is 1. The van der Waals surface area contributed by atoms with E-state index in [9.17, 15) is 10.1 Å². The van der Waals surface area contributed by atoms with Gasteiger partial charge in [-0.25, -0.2) is 0 Å². The number of para-hydroxylation sites is 1. The summed E-state index contributed by atoms with van der Waals surface area (Å²) >= 11 is 0. The molecule has 2 saturated heterocycles. The molecular weight excluding hydrogens is 266 g/mol. The average molecular weight is 289 g/mol. The first-order valence-corrected chi connectivity index (χ1v) is 7.78. The quantitative estimate of drug-likeness (QED) is 0.685. The Morgan fingerprint density at radius 2 is 1.95 bits per heavy atom. The summed E-state index contributed by atoms with van der Waals surface area (Å²) in [6.45, 7) is 1.80. The van der Waals surface area contributed by atoms with Gasteiger partial charge in [0, 0.05) is 23.7 Å². The lowest BCUT2D eigenvalue weighted by atomic mass is 9.82. The molecule has 0 spiro atoms. The van der Waals surface area contributed by atoms with Crippen molar-refractivity contribution in [3.05, 3.63) is 33.9 Å². The highest BCUT2D eigenvalue weighted by Gasteiger charge is 2.36. The van der Waals surface area contributed by atoms with Crippen molar-refractivity contribution in [1.29, 1.82) is 0 Å². The van der Waals surface area contributed by atoms with E-state index >= 15 is 0 Å². The van der Waals surface area contributed by atoms with Crippen molar-refractivity contribution in [2.24, 2.45) is 0 Å². The van der Waals surface area contributed by atoms with E-state index in [1.54, 1.807) is 13.0 Å². The molecule has 0 amide bonds. The minimum atomic E-state index is -0.270. The van der Waals surface area contributed by atoms with Gasteiger partial charge in [0.15, 0.2) is 0 Å². The van der Waals surface area contributed by atoms with Crippen LogP contribution in [0.15, 0.2) is 18.2 Å². The monoisotopic (exact) mass is 289 g/mol. The number of fused-ring (bicyclic) bond motifs is 2. The van der Waals surface area contributed by atoms with Crippen molar-refractivity contribution in [1.82, 2.24) is 4.90 Å². The van der Waals surface area contributed by atoms with Crippen LogP contribution in [0.5, 0.6) is 0 Å². The van der Waals surface area contributed by atoms with E-state index in [0.717, 1.165) is 18.4 Å². The summed E-state index contributed by atoms with van der Waals surface area (Å²) in [7, 11) is 2.22. The van der Waals surface area contributed by atoms with E-state index in [4.69, 9.17) is 0 Å². The number of nitro groups is 1. The summed E-state index contributed by atoms with van der Waals surface area (Å²) in [5.74, 6) is 0. The number of hydrogen-bond acceptors (Lipinski definition) is 4. The largest absolute Gasteiger partial charge is 0.377 e. The fraction of sp³-hybridized carbons (Fsp3) is 0.625. The smallest absolute Gasteiger partial charge is 0.295 e. The van der Waals surface area contributed by atoms with Crippen molar-refractivity contribution >= 4 is 11.4 Å². The SMILES string of the molecule is Cc1cccc(NC2CC3CCCC(C2)N3C)c1[N+](=O)[O-]. The van der Waals surface area contributed by atoms with Crippen LogP contribution in [0.3, 0.4) is 0 Å². The standard InChI is InChI=1S/C16H23N3O2/c1-11-5-3-8-15(16(11)19(20)21)17-12-9-13-6-4-7-14(10-12)18(13)2/h3,5,8,12-14,17H,4,6-7,9-10H2,1-2H3. The minimum absolute atomic E-state index is 0.224. The number of piperidine rings is 2. The van der Waals surface area contributed by atoms with Gasteiger partial charge in [0.1, 0.15) is 5.69 Å². The summed E-state index contributed by atoms with van der Waals surface area (Å²) in [6, 6.07) is 7.11. The van der Waals surface area contributed by atoms with Crippen molar-refractivity contribution < 1.29 is 4.92 Å². The molecule has 5 nitrogen and oxygen atoms in total. The average Bonchev–Trinajstić information content (AvgIpc) is 2.39. The molecule has 0 radical (unpaired) electrons. The molecular formula is C16H23N3O2. The molecule has 0 aliphatic carbocycles. The zero-order valence-corrected chi connectivity index (χ0v) is 12.7. The topological polar surface area (TPSA) is 58.4 Å². The van der Waals surface area contributed by atoms with Crippen LogP contribution >= 0.6 is 0 Å². The zero-order valence-electron chi connectivity index (χ0n) is 12.7. The Morgan fingerprint density at radius 3 is 2.57 bits per heavy atom. The first-order chi connectivity index (χ1) is 10.1. The highest BCUT2D eigenvalue weighted by Crippen LogP contribution is 2.36. The molecule has 0 saturated carbocycles. The summed E-state index contributed by atoms with van der Waals surface area (Å²) in [5, 5.41) is 14.7. The molecule has 3 rings (SSSR count). The van der Waals surface area contributed by atoms with Crippen LogP contribution in [0, 0.1) is 17.0 Å². The van der Waals surface area contributed by atoms with Crippen LogP contribution in [0.2, 0.25) is 0 Å². The summed E-state index contributed by atoms with van der Waals surface area (Å²) in [6.07, 6.45) is 5.98. The second-order valence-electron chi connectivity index (χ2n) is 6.44. The number of rotatable bonds is 3. The lowest BCUT2D eigenvalue weighted by Gasteiger charge is -2.47. The normalized spacial score (nSPS) is 29.1. The Balaban J connectivity index is 1.79. The maximum absolute atomic E-state index is 11.3. The molecule has 21 heavy (non-hydrogen) atoms. The van der Waals surface area contributed by atoms with E-state index in [-0.39, 0.29) is 10.6 Å². The molecule has 1 aromatic rings. The van der Waals surface area contributed by atoms with Gasteiger partial charge < -0.3 is 10.2 Å². The zero-order chi connectivity index (χ0) is 15.0. The third-order valence-electron chi connectivity index (χ3n) is 5.12. The number of benzene rings is 1. The first-order valence-electron chi connectivity index (χ1n) is 7.78. The number of nitro benzene ring substituents is 1. The third kappa shape index (κ3) is 2.75. The molecule has 2 heterocycles. The molecule has 114 valence electrons. The number of aryl methyl sites for hydroxylation is 1. The molecule has 2 atom stereocenters. The summed E-state index contributed by atoms with van der Waals surface area (Å²) in [4.78, 5) is 13.5. The fourth-order valence-electron chi connectivity index (χ4n) is 3.97. The van der Waals surface area contributed by atoms with E-state index in [2.05, 4.69) is 17.3 Å². The molecule has 2 aliphatic rings. The van der Waals surface area contributed by atoms with Crippen LogP contribution in [-0.4, -0.2) is 35.0 Å². The molecule has 0 aromatic heterocycles. The van der Waals surface area contributed by atoms with Gasteiger partial charge in [0.2, 0.25) is 0 Å². The fourth-order valence-corrected chi connectivity index (χ4v) is 3.97. The molecule has 2 aliphatic heterocycles. The predicted octanol–water partition coefficient (Wildman–Crippen LogP) is 3.33. The Labute approximate surface area is 125 Å². The van der Waals surface area contributed by atoms with Crippen molar-refractivity contribution in [3.8, 4) is 0 Å². The highest BCUT2D eigenvalue weighted by atomic mass is 16.6. The van der Waals surface area contributed by atoms with Crippen LogP contribution in [0.1, 0.15) is 37.7 Å². The van der Waals surface area contributed by atoms with E-state index < -0.39 is 0 Å². The van der Waals surface area contributed by atoms with Crippen LogP contribution < -0.4 is 5.32 Å². The van der Waals surface area contributed by atoms with Gasteiger partial charge in [0.05, 0.1) is 4.92 Å². The molecule has 1 N–H and O–H groups in total. The van der Waals surface area contributed by atoms with E-state index in [1.807, 2.05) is 12.1 Å². The van der Waals surface area contributed by atoms with Gasteiger partial charge in [-0.3, -0.25) is 10.1 Å². The lowest BCUT2D eigenvalue weighted by molar-refractivity contribution is -0.384. The van der Waals surface area contributed by atoms with Gasteiger partial charge in [-0.15, -0.1) is 0 Å². The maximum atomic E-state index is 11.3. The number of nitrogens with zero attached hydrogens (tertiary/aromatic N) is 2. The second-order valence-corrected chi connectivity index (χ2v) is 6.44. The highest BCUT2D eigenvalue weighted by molar-refractivity contribution is 5.65. The molecule has 1 aromatic carbocycles. The molecule has 2 bridgehead atoms. The Morgan fingerprint density at radius 1 is 1.29 bits per heavy atom.